The Hall–Kier alpha value is -7.68. The van der Waals surface area contributed by atoms with Gasteiger partial charge in [0.1, 0.15) is 11.5 Å². The molecule has 0 atom stereocenters. The van der Waals surface area contributed by atoms with Gasteiger partial charge in [0.2, 0.25) is 0 Å². The van der Waals surface area contributed by atoms with Crippen molar-refractivity contribution in [1.29, 1.82) is 0 Å². The summed E-state index contributed by atoms with van der Waals surface area (Å²) in [6.07, 6.45) is 0. The van der Waals surface area contributed by atoms with Gasteiger partial charge in [-0.25, -0.2) is 0 Å². The molecule has 59 heavy (non-hydrogen) atoms. The Bertz CT molecular complexity index is 3160. The molecule has 12 rings (SSSR count). The van der Waals surface area contributed by atoms with E-state index in [9.17, 15) is 0 Å². The molecule has 276 valence electrons. The SMILES string of the molecule is c1ccc(-c2ccc(N(c3cccc(-c4ccccc4)c3)c3ccc4c(c3)C3(c5ccccc5-4)c4ccc5ccccc5c4Oc4c3ccc3ccccc43)cc2)cc1. The van der Waals surface area contributed by atoms with Gasteiger partial charge < -0.3 is 9.64 Å². The molecule has 1 heterocycles. The summed E-state index contributed by atoms with van der Waals surface area (Å²) in [7, 11) is 0. The second-order valence-electron chi connectivity index (χ2n) is 15.6. The first-order chi connectivity index (χ1) is 29.3. The fourth-order valence-corrected chi connectivity index (χ4v) is 9.87. The molecule has 2 nitrogen and oxygen atoms in total. The Balaban J connectivity index is 1.14. The fourth-order valence-electron chi connectivity index (χ4n) is 9.87. The van der Waals surface area contributed by atoms with Crippen LogP contribution < -0.4 is 9.64 Å². The molecule has 2 aliphatic rings. The summed E-state index contributed by atoms with van der Waals surface area (Å²) < 4.78 is 7.23. The van der Waals surface area contributed by atoms with Crippen molar-refractivity contribution in [3.63, 3.8) is 0 Å². The van der Waals surface area contributed by atoms with E-state index in [0.717, 1.165) is 61.2 Å². The highest BCUT2D eigenvalue weighted by Gasteiger charge is 2.52. The number of benzene rings is 10. The molecule has 0 saturated heterocycles. The smallest absolute Gasteiger partial charge is 0.140 e. The van der Waals surface area contributed by atoms with Crippen molar-refractivity contribution in [2.75, 3.05) is 4.90 Å². The van der Waals surface area contributed by atoms with Crippen molar-refractivity contribution in [2.45, 2.75) is 5.41 Å². The Kier molecular flexibility index (Phi) is 7.48. The number of nitrogens with zero attached hydrogens (tertiary/aromatic N) is 1. The van der Waals surface area contributed by atoms with Crippen LogP contribution in [0, 0.1) is 0 Å². The quantitative estimate of drug-likeness (QED) is 0.174. The molecule has 0 N–H and O–H groups in total. The summed E-state index contributed by atoms with van der Waals surface area (Å²) in [5.41, 5.74) is 14.7. The molecular weight excluding hydrogens is 715 g/mol. The van der Waals surface area contributed by atoms with Gasteiger partial charge >= 0.3 is 0 Å². The third-order valence-corrected chi connectivity index (χ3v) is 12.5. The Morgan fingerprint density at radius 1 is 0.305 bits per heavy atom. The van der Waals surface area contributed by atoms with Crippen LogP contribution in [0.3, 0.4) is 0 Å². The van der Waals surface area contributed by atoms with Crippen molar-refractivity contribution in [3.05, 3.63) is 247 Å². The highest BCUT2D eigenvalue weighted by molar-refractivity contribution is 6.00. The van der Waals surface area contributed by atoms with Crippen LogP contribution in [0.2, 0.25) is 0 Å². The maximum atomic E-state index is 7.23. The third-order valence-electron chi connectivity index (χ3n) is 12.5. The molecule has 0 saturated carbocycles. The van der Waals surface area contributed by atoms with Crippen molar-refractivity contribution >= 4 is 38.6 Å². The average molecular weight is 752 g/mol. The molecule has 0 fully saturated rings. The maximum absolute atomic E-state index is 7.23. The maximum Gasteiger partial charge on any atom is 0.140 e. The van der Waals surface area contributed by atoms with E-state index in [0.29, 0.717) is 0 Å². The van der Waals surface area contributed by atoms with Gasteiger partial charge in [0, 0.05) is 39.0 Å². The Labute approximate surface area is 343 Å². The highest BCUT2D eigenvalue weighted by Crippen LogP contribution is 2.64. The van der Waals surface area contributed by atoms with E-state index in [4.69, 9.17) is 4.74 Å². The van der Waals surface area contributed by atoms with Crippen molar-refractivity contribution in [1.82, 2.24) is 0 Å². The summed E-state index contributed by atoms with van der Waals surface area (Å²) >= 11 is 0. The topological polar surface area (TPSA) is 12.5 Å². The zero-order valence-corrected chi connectivity index (χ0v) is 32.2. The summed E-state index contributed by atoms with van der Waals surface area (Å²) in [5, 5.41) is 4.55. The lowest BCUT2D eigenvalue weighted by atomic mass is 9.65. The lowest BCUT2D eigenvalue weighted by molar-refractivity contribution is 0.447. The second kappa shape index (κ2) is 13.2. The van der Waals surface area contributed by atoms with Crippen LogP contribution >= 0.6 is 0 Å². The van der Waals surface area contributed by atoms with Gasteiger partial charge in [-0.1, -0.05) is 188 Å². The standard InChI is InChI=1S/C57H37NO/c1-3-14-38(15-4-1)40-26-30-44(31-27-40)58(45-21-13-20-43(36-45)39-16-5-2-6-17-39)46-32-33-50-49-24-11-12-25-51(49)57(54(50)37-46)52-34-28-41-18-7-9-22-47(41)55(52)59-56-48-23-10-8-19-42(48)29-35-53(56)57/h1-37H. The number of anilines is 3. The average Bonchev–Trinajstić information content (AvgIpc) is 3.59. The van der Waals surface area contributed by atoms with Crippen molar-refractivity contribution < 1.29 is 4.74 Å². The van der Waals surface area contributed by atoms with Crippen LogP contribution in [0.1, 0.15) is 22.3 Å². The van der Waals surface area contributed by atoms with E-state index in [1.54, 1.807) is 0 Å². The first kappa shape index (κ1) is 33.5. The molecule has 2 heteroatoms. The normalized spacial score (nSPS) is 13.0. The molecule has 0 bridgehead atoms. The molecule has 10 aromatic carbocycles. The monoisotopic (exact) mass is 751 g/mol. The van der Waals surface area contributed by atoms with Gasteiger partial charge in [0.15, 0.2) is 0 Å². The molecule has 10 aromatic rings. The molecule has 0 radical (unpaired) electrons. The minimum Gasteiger partial charge on any atom is -0.455 e. The predicted molar refractivity (Wildman–Crippen MR) is 244 cm³/mol. The lowest BCUT2D eigenvalue weighted by Gasteiger charge is -2.40. The largest absolute Gasteiger partial charge is 0.455 e. The van der Waals surface area contributed by atoms with E-state index in [1.165, 1.54) is 44.5 Å². The molecule has 1 aliphatic heterocycles. The lowest BCUT2D eigenvalue weighted by Crippen LogP contribution is -2.32. The summed E-state index contributed by atoms with van der Waals surface area (Å²) in [4.78, 5) is 2.42. The molecule has 0 amide bonds. The van der Waals surface area contributed by atoms with E-state index < -0.39 is 5.41 Å². The zero-order valence-electron chi connectivity index (χ0n) is 32.2. The number of rotatable bonds is 5. The molecule has 1 aliphatic carbocycles. The van der Waals surface area contributed by atoms with E-state index in [-0.39, 0.29) is 0 Å². The zero-order chi connectivity index (χ0) is 38.9. The van der Waals surface area contributed by atoms with Crippen LogP contribution in [-0.2, 0) is 5.41 Å². The molecule has 0 aromatic heterocycles. The Morgan fingerprint density at radius 3 is 1.49 bits per heavy atom. The minimum absolute atomic E-state index is 0.645. The third kappa shape index (κ3) is 5.06. The number of hydrogen-bond acceptors (Lipinski definition) is 2. The van der Waals surface area contributed by atoms with Crippen LogP contribution in [0.5, 0.6) is 11.5 Å². The van der Waals surface area contributed by atoms with Gasteiger partial charge in [-0.05, 0) is 91.7 Å². The van der Waals surface area contributed by atoms with E-state index in [2.05, 4.69) is 229 Å². The minimum atomic E-state index is -0.645. The fraction of sp³-hybridized carbons (Fsp3) is 0.0175. The first-order valence-corrected chi connectivity index (χ1v) is 20.3. The van der Waals surface area contributed by atoms with Crippen molar-refractivity contribution in [3.8, 4) is 44.9 Å². The van der Waals surface area contributed by atoms with Gasteiger partial charge in [-0.2, -0.15) is 0 Å². The van der Waals surface area contributed by atoms with Gasteiger partial charge in [0.25, 0.3) is 0 Å². The van der Waals surface area contributed by atoms with Crippen molar-refractivity contribution in [2.24, 2.45) is 0 Å². The van der Waals surface area contributed by atoms with Crippen LogP contribution in [0.25, 0.3) is 54.9 Å². The van der Waals surface area contributed by atoms with E-state index >= 15 is 0 Å². The van der Waals surface area contributed by atoms with Gasteiger partial charge in [-0.3, -0.25) is 0 Å². The number of ether oxygens (including phenoxy) is 1. The van der Waals surface area contributed by atoms with E-state index in [1.807, 2.05) is 0 Å². The van der Waals surface area contributed by atoms with Gasteiger partial charge in [0.05, 0.1) is 5.41 Å². The summed E-state index contributed by atoms with van der Waals surface area (Å²) in [6.45, 7) is 0. The first-order valence-electron chi connectivity index (χ1n) is 20.3. The molecule has 0 unspecified atom stereocenters. The van der Waals surface area contributed by atoms with Crippen LogP contribution in [0.4, 0.5) is 17.1 Å². The number of fused-ring (bicyclic) bond motifs is 13. The second-order valence-corrected chi connectivity index (χ2v) is 15.6. The number of hydrogen-bond donors (Lipinski definition) is 0. The highest BCUT2D eigenvalue weighted by atomic mass is 16.5. The summed E-state index contributed by atoms with van der Waals surface area (Å²) in [5.74, 6) is 1.84. The Morgan fingerprint density at radius 2 is 0.814 bits per heavy atom. The molecule has 1 spiro atoms. The summed E-state index contributed by atoms with van der Waals surface area (Å²) in [6, 6.07) is 81.7. The molecular formula is C57H37NO. The predicted octanol–water partition coefficient (Wildman–Crippen LogP) is 15.3. The van der Waals surface area contributed by atoms with Gasteiger partial charge in [-0.15, -0.1) is 0 Å². The van der Waals surface area contributed by atoms with Crippen LogP contribution in [0.15, 0.2) is 224 Å². The van der Waals surface area contributed by atoms with Crippen LogP contribution in [-0.4, -0.2) is 0 Å².